The van der Waals surface area contributed by atoms with Gasteiger partial charge in [0.1, 0.15) is 12.4 Å². The SMILES string of the molecule is CC(OC(=O)CNC1CC1)C(CC=O)N(Cc1ccccc1)Cc1ccccc1. The highest BCUT2D eigenvalue weighted by molar-refractivity contribution is 5.72. The van der Waals surface area contributed by atoms with Crippen molar-refractivity contribution in [2.24, 2.45) is 0 Å². The molecule has 0 heterocycles. The third-order valence-electron chi connectivity index (χ3n) is 5.24. The van der Waals surface area contributed by atoms with Gasteiger partial charge >= 0.3 is 5.97 Å². The van der Waals surface area contributed by atoms with E-state index in [0.29, 0.717) is 25.6 Å². The Labute approximate surface area is 173 Å². The summed E-state index contributed by atoms with van der Waals surface area (Å²) in [4.78, 5) is 25.9. The molecule has 2 atom stereocenters. The third kappa shape index (κ3) is 7.11. The van der Waals surface area contributed by atoms with Gasteiger partial charge in [-0.15, -0.1) is 0 Å². The van der Waals surface area contributed by atoms with E-state index in [1.165, 1.54) is 0 Å². The molecule has 1 aliphatic rings. The van der Waals surface area contributed by atoms with E-state index in [1.54, 1.807) is 0 Å². The van der Waals surface area contributed by atoms with Crippen LogP contribution in [0, 0.1) is 0 Å². The molecular formula is C24H30N2O3. The van der Waals surface area contributed by atoms with Gasteiger partial charge in [-0.2, -0.15) is 0 Å². The zero-order valence-corrected chi connectivity index (χ0v) is 17.0. The Morgan fingerprint density at radius 2 is 1.62 bits per heavy atom. The summed E-state index contributed by atoms with van der Waals surface area (Å²) in [5.41, 5.74) is 2.32. The molecule has 154 valence electrons. The van der Waals surface area contributed by atoms with E-state index in [1.807, 2.05) is 43.3 Å². The lowest BCUT2D eigenvalue weighted by Crippen LogP contribution is -2.44. The topological polar surface area (TPSA) is 58.6 Å². The average Bonchev–Trinajstić information content (AvgIpc) is 3.56. The van der Waals surface area contributed by atoms with Crippen LogP contribution in [0.3, 0.4) is 0 Å². The van der Waals surface area contributed by atoms with E-state index in [4.69, 9.17) is 4.74 Å². The molecule has 0 bridgehead atoms. The third-order valence-corrected chi connectivity index (χ3v) is 5.24. The Bertz CT molecular complexity index is 721. The Hall–Kier alpha value is -2.50. The molecule has 2 aromatic rings. The monoisotopic (exact) mass is 394 g/mol. The number of esters is 1. The Morgan fingerprint density at radius 1 is 1.07 bits per heavy atom. The highest BCUT2D eigenvalue weighted by atomic mass is 16.5. The Kier molecular flexibility index (Phi) is 7.96. The summed E-state index contributed by atoms with van der Waals surface area (Å²) in [6.07, 6.45) is 3.09. The van der Waals surface area contributed by atoms with Crippen LogP contribution in [0.4, 0.5) is 0 Å². The molecular weight excluding hydrogens is 364 g/mol. The van der Waals surface area contributed by atoms with Crippen LogP contribution >= 0.6 is 0 Å². The minimum Gasteiger partial charge on any atom is -0.460 e. The summed E-state index contributed by atoms with van der Waals surface area (Å²) >= 11 is 0. The van der Waals surface area contributed by atoms with E-state index in [2.05, 4.69) is 34.5 Å². The highest BCUT2D eigenvalue weighted by Gasteiger charge is 2.28. The van der Waals surface area contributed by atoms with Crippen molar-refractivity contribution >= 4 is 12.3 Å². The van der Waals surface area contributed by atoms with E-state index in [0.717, 1.165) is 30.3 Å². The van der Waals surface area contributed by atoms with Crippen molar-refractivity contribution in [3.63, 3.8) is 0 Å². The molecule has 0 amide bonds. The van der Waals surface area contributed by atoms with Gasteiger partial charge in [0.05, 0.1) is 12.6 Å². The summed E-state index contributed by atoms with van der Waals surface area (Å²) in [6.45, 7) is 3.46. The molecule has 0 radical (unpaired) electrons. The average molecular weight is 395 g/mol. The number of nitrogens with zero attached hydrogens (tertiary/aromatic N) is 1. The molecule has 1 saturated carbocycles. The van der Waals surface area contributed by atoms with Crippen LogP contribution < -0.4 is 5.32 Å². The van der Waals surface area contributed by atoms with Gasteiger partial charge in [-0.05, 0) is 30.9 Å². The first-order valence-corrected chi connectivity index (χ1v) is 10.3. The van der Waals surface area contributed by atoms with Crippen molar-refractivity contribution in [2.75, 3.05) is 6.54 Å². The first-order valence-electron chi connectivity index (χ1n) is 10.3. The fraction of sp³-hybridized carbons (Fsp3) is 0.417. The minimum atomic E-state index is -0.388. The fourth-order valence-electron chi connectivity index (χ4n) is 3.51. The number of aldehydes is 1. The number of benzene rings is 2. The normalized spacial score (nSPS) is 15.7. The molecule has 29 heavy (non-hydrogen) atoms. The van der Waals surface area contributed by atoms with Gasteiger partial charge in [0.2, 0.25) is 0 Å². The van der Waals surface area contributed by atoms with Crippen molar-refractivity contribution in [2.45, 2.75) is 57.5 Å². The van der Waals surface area contributed by atoms with Gasteiger partial charge in [-0.25, -0.2) is 0 Å². The number of carbonyl (C=O) groups excluding carboxylic acids is 2. The van der Waals surface area contributed by atoms with Crippen LogP contribution in [0.1, 0.15) is 37.3 Å². The van der Waals surface area contributed by atoms with E-state index >= 15 is 0 Å². The van der Waals surface area contributed by atoms with E-state index in [-0.39, 0.29) is 24.7 Å². The van der Waals surface area contributed by atoms with Crippen molar-refractivity contribution in [1.29, 1.82) is 0 Å². The second-order valence-electron chi connectivity index (χ2n) is 7.70. The number of hydrogen-bond acceptors (Lipinski definition) is 5. The summed E-state index contributed by atoms with van der Waals surface area (Å²) in [6, 6.07) is 20.6. The van der Waals surface area contributed by atoms with Crippen molar-refractivity contribution in [1.82, 2.24) is 10.2 Å². The summed E-state index contributed by atoms with van der Waals surface area (Å²) in [5, 5.41) is 3.18. The standard InChI is InChI=1S/C24H30N2O3/c1-19(29-24(28)16-25-22-12-13-22)23(14-15-27)26(17-20-8-4-2-5-9-20)18-21-10-6-3-7-11-21/h2-11,15,19,22-23,25H,12-14,16-18H2,1H3. The predicted octanol–water partition coefficient (Wildman–Crippen LogP) is 3.33. The lowest BCUT2D eigenvalue weighted by Gasteiger charge is -2.34. The molecule has 5 heteroatoms. The maximum atomic E-state index is 12.2. The van der Waals surface area contributed by atoms with Crippen LogP contribution in [0.15, 0.2) is 60.7 Å². The lowest BCUT2D eigenvalue weighted by atomic mass is 10.0. The van der Waals surface area contributed by atoms with Crippen molar-refractivity contribution in [3.05, 3.63) is 71.8 Å². The van der Waals surface area contributed by atoms with E-state index < -0.39 is 0 Å². The van der Waals surface area contributed by atoms with Crippen LogP contribution in [0.5, 0.6) is 0 Å². The highest BCUT2D eigenvalue weighted by Crippen LogP contribution is 2.20. The molecule has 2 unspecified atom stereocenters. The molecule has 3 rings (SSSR count). The zero-order chi connectivity index (χ0) is 20.5. The second kappa shape index (κ2) is 10.9. The smallest absolute Gasteiger partial charge is 0.320 e. The summed E-state index contributed by atoms with van der Waals surface area (Å²) in [5.74, 6) is -0.264. The van der Waals surface area contributed by atoms with Crippen LogP contribution in [-0.4, -0.2) is 41.9 Å². The zero-order valence-electron chi connectivity index (χ0n) is 17.0. The molecule has 0 spiro atoms. The Morgan fingerprint density at radius 3 is 2.10 bits per heavy atom. The number of ether oxygens (including phenoxy) is 1. The van der Waals surface area contributed by atoms with Gasteiger partial charge < -0.3 is 14.8 Å². The van der Waals surface area contributed by atoms with Gasteiger partial charge in [0, 0.05) is 25.6 Å². The molecule has 5 nitrogen and oxygen atoms in total. The molecule has 1 fully saturated rings. The van der Waals surface area contributed by atoms with Crippen LogP contribution in [0.25, 0.3) is 0 Å². The Balaban J connectivity index is 1.72. The summed E-state index contributed by atoms with van der Waals surface area (Å²) < 4.78 is 5.70. The molecule has 0 saturated heterocycles. The first kappa shape index (κ1) is 21.2. The second-order valence-corrected chi connectivity index (χ2v) is 7.70. The predicted molar refractivity (Wildman–Crippen MR) is 113 cm³/mol. The fourth-order valence-corrected chi connectivity index (χ4v) is 3.51. The van der Waals surface area contributed by atoms with E-state index in [9.17, 15) is 9.59 Å². The minimum absolute atomic E-state index is 0.196. The van der Waals surface area contributed by atoms with Crippen molar-refractivity contribution < 1.29 is 14.3 Å². The number of hydrogen-bond donors (Lipinski definition) is 1. The van der Waals surface area contributed by atoms with Gasteiger partial charge in [0.15, 0.2) is 0 Å². The quantitative estimate of drug-likeness (QED) is 0.442. The maximum Gasteiger partial charge on any atom is 0.320 e. The number of carbonyl (C=O) groups is 2. The molecule has 0 aliphatic heterocycles. The number of nitrogens with one attached hydrogen (secondary N) is 1. The van der Waals surface area contributed by atoms with Crippen LogP contribution in [0.2, 0.25) is 0 Å². The van der Waals surface area contributed by atoms with Crippen molar-refractivity contribution in [3.8, 4) is 0 Å². The summed E-state index contributed by atoms with van der Waals surface area (Å²) in [7, 11) is 0. The molecule has 0 aromatic heterocycles. The molecule has 2 aromatic carbocycles. The largest absolute Gasteiger partial charge is 0.460 e. The maximum absolute atomic E-state index is 12.2. The lowest BCUT2D eigenvalue weighted by molar-refractivity contribution is -0.151. The molecule has 1 N–H and O–H groups in total. The van der Waals surface area contributed by atoms with Gasteiger partial charge in [-0.3, -0.25) is 9.69 Å². The van der Waals surface area contributed by atoms with Gasteiger partial charge in [-0.1, -0.05) is 60.7 Å². The first-order chi connectivity index (χ1) is 14.2. The van der Waals surface area contributed by atoms with Gasteiger partial charge in [0.25, 0.3) is 0 Å². The molecule has 1 aliphatic carbocycles. The number of rotatable bonds is 12. The van der Waals surface area contributed by atoms with Crippen LogP contribution in [-0.2, 0) is 27.4 Å².